The van der Waals surface area contributed by atoms with Crippen molar-refractivity contribution in [3.05, 3.63) is 22.8 Å². The molecule has 0 amide bonds. The van der Waals surface area contributed by atoms with Gasteiger partial charge in [-0.3, -0.25) is 4.90 Å². The lowest BCUT2D eigenvalue weighted by molar-refractivity contribution is 0.0842. The van der Waals surface area contributed by atoms with Crippen LogP contribution in [-0.4, -0.2) is 79.4 Å². The molecule has 1 N–H and O–H groups in total. The molecular weight excluding hydrogens is 302 g/mol. The molecule has 1 atom stereocenters. The van der Waals surface area contributed by atoms with Crippen LogP contribution in [-0.2, 0) is 0 Å². The van der Waals surface area contributed by atoms with Crippen LogP contribution in [0.2, 0.25) is 5.02 Å². The Morgan fingerprint density at radius 3 is 2.73 bits per heavy atom. The lowest BCUT2D eigenvalue weighted by atomic mass is 10.2. The zero-order chi connectivity index (χ0) is 16.1. The molecule has 1 aromatic heterocycles. The van der Waals surface area contributed by atoms with E-state index in [0.29, 0.717) is 23.9 Å². The number of β-amino-alcohol motifs (C(OH)–C–C–N with tert-alkyl or cyclic N) is 1. The van der Waals surface area contributed by atoms with Gasteiger partial charge in [0.15, 0.2) is 5.69 Å². The van der Waals surface area contributed by atoms with E-state index in [0.717, 1.165) is 26.2 Å². The van der Waals surface area contributed by atoms with E-state index < -0.39 is 6.10 Å². The lowest BCUT2D eigenvalue weighted by Crippen LogP contribution is -2.48. The van der Waals surface area contributed by atoms with Crippen molar-refractivity contribution >= 4 is 17.4 Å². The molecule has 0 spiro atoms. The Labute approximate surface area is 136 Å². The summed E-state index contributed by atoms with van der Waals surface area (Å²) in [5.41, 5.74) is 0.208. The molecule has 7 heteroatoms. The number of halogens is 1. The number of nitriles is 1. The highest BCUT2D eigenvalue weighted by Gasteiger charge is 2.18. The van der Waals surface area contributed by atoms with Crippen molar-refractivity contribution in [2.24, 2.45) is 0 Å². The predicted molar refractivity (Wildman–Crippen MR) is 87.2 cm³/mol. The van der Waals surface area contributed by atoms with E-state index in [4.69, 9.17) is 16.9 Å². The van der Waals surface area contributed by atoms with Crippen molar-refractivity contribution < 1.29 is 5.11 Å². The summed E-state index contributed by atoms with van der Waals surface area (Å²) in [5, 5.41) is 19.6. The van der Waals surface area contributed by atoms with Gasteiger partial charge in [0.2, 0.25) is 0 Å². The number of aromatic nitrogens is 1. The Morgan fingerprint density at radius 1 is 1.41 bits per heavy atom. The average molecular weight is 324 g/mol. The minimum absolute atomic E-state index is 0.208. The van der Waals surface area contributed by atoms with Crippen molar-refractivity contribution in [2.45, 2.75) is 6.10 Å². The van der Waals surface area contributed by atoms with Crippen LogP contribution < -0.4 is 4.90 Å². The van der Waals surface area contributed by atoms with Gasteiger partial charge in [0, 0.05) is 46.3 Å². The first-order chi connectivity index (χ1) is 10.5. The Balaban J connectivity index is 1.88. The molecule has 1 aliphatic heterocycles. The van der Waals surface area contributed by atoms with Crippen LogP contribution in [0.1, 0.15) is 5.69 Å². The molecule has 1 unspecified atom stereocenters. The number of nitrogens with zero attached hydrogens (tertiary/aromatic N) is 5. The van der Waals surface area contributed by atoms with E-state index in [-0.39, 0.29) is 5.69 Å². The van der Waals surface area contributed by atoms with Gasteiger partial charge >= 0.3 is 0 Å². The fourth-order valence-corrected chi connectivity index (χ4v) is 2.67. The van der Waals surface area contributed by atoms with E-state index >= 15 is 0 Å². The van der Waals surface area contributed by atoms with Crippen molar-refractivity contribution in [2.75, 3.05) is 58.3 Å². The number of likely N-dealkylation sites (N-methyl/N-ethyl adjacent to an activating group) is 2. The molecule has 0 aromatic carbocycles. The Morgan fingerprint density at radius 2 is 2.09 bits per heavy atom. The first kappa shape index (κ1) is 17.0. The number of rotatable bonds is 5. The van der Waals surface area contributed by atoms with Crippen LogP contribution >= 0.6 is 11.6 Å². The lowest BCUT2D eigenvalue weighted by Gasteiger charge is -2.34. The Kier molecular flexibility index (Phi) is 5.98. The maximum absolute atomic E-state index is 10.3. The van der Waals surface area contributed by atoms with Gasteiger partial charge in [-0.2, -0.15) is 5.26 Å². The predicted octanol–water partition coefficient (Wildman–Crippen LogP) is 0.651. The van der Waals surface area contributed by atoms with Crippen LogP contribution in [0, 0.1) is 11.3 Å². The van der Waals surface area contributed by atoms with Gasteiger partial charge in [-0.1, -0.05) is 11.6 Å². The maximum atomic E-state index is 10.3. The van der Waals surface area contributed by atoms with Gasteiger partial charge in [-0.25, -0.2) is 4.98 Å². The summed E-state index contributed by atoms with van der Waals surface area (Å²) in [6, 6.07) is 5.38. The molecule has 6 nitrogen and oxygen atoms in total. The van der Waals surface area contributed by atoms with Gasteiger partial charge in [0.1, 0.15) is 11.9 Å². The zero-order valence-electron chi connectivity index (χ0n) is 13.0. The van der Waals surface area contributed by atoms with Gasteiger partial charge in [0.25, 0.3) is 0 Å². The first-order valence-electron chi connectivity index (χ1n) is 7.36. The topological polar surface area (TPSA) is 66.6 Å². The second-order valence-electron chi connectivity index (χ2n) is 5.75. The third-order valence-corrected chi connectivity index (χ3v) is 4.18. The van der Waals surface area contributed by atoms with Gasteiger partial charge < -0.3 is 14.9 Å². The number of piperazine rings is 1. The second kappa shape index (κ2) is 7.75. The number of aliphatic hydroxyl groups is 1. The second-order valence-corrected chi connectivity index (χ2v) is 6.16. The van der Waals surface area contributed by atoms with Crippen LogP contribution in [0.3, 0.4) is 0 Å². The minimum Gasteiger partial charge on any atom is -0.390 e. The first-order valence-corrected chi connectivity index (χ1v) is 7.74. The average Bonchev–Trinajstić information content (AvgIpc) is 2.50. The van der Waals surface area contributed by atoms with Gasteiger partial charge in [0.05, 0.1) is 11.1 Å². The highest BCUT2D eigenvalue weighted by atomic mass is 35.5. The molecule has 120 valence electrons. The summed E-state index contributed by atoms with van der Waals surface area (Å²) < 4.78 is 0. The van der Waals surface area contributed by atoms with Crippen LogP contribution in [0.4, 0.5) is 5.82 Å². The van der Waals surface area contributed by atoms with E-state index in [9.17, 15) is 5.11 Å². The van der Waals surface area contributed by atoms with E-state index in [1.54, 1.807) is 12.1 Å². The van der Waals surface area contributed by atoms with Crippen LogP contribution in [0.15, 0.2) is 12.1 Å². The summed E-state index contributed by atoms with van der Waals surface area (Å²) >= 11 is 5.88. The van der Waals surface area contributed by atoms with Crippen molar-refractivity contribution in [3.8, 4) is 6.07 Å². The molecule has 22 heavy (non-hydrogen) atoms. The third kappa shape index (κ3) is 4.55. The quantitative estimate of drug-likeness (QED) is 0.858. The highest BCUT2D eigenvalue weighted by molar-refractivity contribution is 6.31. The van der Waals surface area contributed by atoms with Crippen molar-refractivity contribution in [1.29, 1.82) is 5.26 Å². The number of aliphatic hydroxyl groups excluding tert-OH is 1. The molecule has 1 aliphatic rings. The van der Waals surface area contributed by atoms with E-state index in [1.165, 1.54) is 0 Å². The van der Waals surface area contributed by atoms with Gasteiger partial charge in [-0.05, 0) is 19.2 Å². The van der Waals surface area contributed by atoms with Crippen LogP contribution in [0.5, 0.6) is 0 Å². The molecule has 1 saturated heterocycles. The summed E-state index contributed by atoms with van der Waals surface area (Å²) in [6.07, 6.45) is -0.462. The fourth-order valence-electron chi connectivity index (χ4n) is 2.52. The summed E-state index contributed by atoms with van der Waals surface area (Å²) in [4.78, 5) is 10.6. The fraction of sp³-hybridized carbons (Fsp3) is 0.600. The van der Waals surface area contributed by atoms with Gasteiger partial charge in [-0.15, -0.1) is 0 Å². The Bertz CT molecular complexity index is 539. The number of anilines is 1. The van der Waals surface area contributed by atoms with E-state index in [1.807, 2.05) is 18.0 Å². The molecule has 0 radical (unpaired) electrons. The molecule has 2 rings (SSSR count). The summed E-state index contributed by atoms with van der Waals surface area (Å²) in [6.45, 7) is 5.15. The number of hydrogen-bond donors (Lipinski definition) is 1. The third-order valence-electron chi connectivity index (χ3n) is 3.88. The number of hydrogen-bond acceptors (Lipinski definition) is 6. The normalized spacial score (nSPS) is 18.0. The summed E-state index contributed by atoms with van der Waals surface area (Å²) in [5.74, 6) is 0.637. The monoisotopic (exact) mass is 323 g/mol. The molecule has 1 fully saturated rings. The number of pyridine rings is 1. The maximum Gasteiger partial charge on any atom is 0.161 e. The summed E-state index contributed by atoms with van der Waals surface area (Å²) in [7, 11) is 3.96. The molecule has 1 aromatic rings. The largest absolute Gasteiger partial charge is 0.390 e. The molecule has 0 aliphatic carbocycles. The molecular formula is C15H22ClN5O. The molecule has 2 heterocycles. The standard InChI is InChI=1S/C15H22ClN5O/c1-19-5-7-21(8-6-19)11-12(22)10-20(2)15-4-3-13(16)14(9-17)18-15/h3-4,12,22H,5-8,10-11H2,1-2H3. The highest BCUT2D eigenvalue weighted by Crippen LogP contribution is 2.18. The Hall–Kier alpha value is -1.39. The minimum atomic E-state index is -0.462. The van der Waals surface area contributed by atoms with Crippen molar-refractivity contribution in [3.63, 3.8) is 0 Å². The SMILES string of the molecule is CN1CCN(CC(O)CN(C)c2ccc(Cl)c(C#N)n2)CC1. The zero-order valence-corrected chi connectivity index (χ0v) is 13.8. The molecule has 0 bridgehead atoms. The van der Waals surface area contributed by atoms with Crippen molar-refractivity contribution in [1.82, 2.24) is 14.8 Å². The van der Waals surface area contributed by atoms with Crippen LogP contribution in [0.25, 0.3) is 0 Å². The molecule has 0 saturated carbocycles. The van der Waals surface area contributed by atoms with E-state index in [2.05, 4.69) is 21.8 Å². The smallest absolute Gasteiger partial charge is 0.161 e.